The fourth-order valence-corrected chi connectivity index (χ4v) is 2.04. The van der Waals surface area contributed by atoms with Crippen molar-refractivity contribution in [2.75, 3.05) is 0 Å². The molecule has 1 amide bonds. The van der Waals surface area contributed by atoms with Gasteiger partial charge in [-0.1, -0.05) is 18.2 Å². The molecule has 1 aromatic rings. The quantitative estimate of drug-likeness (QED) is 0.831. The van der Waals surface area contributed by atoms with Gasteiger partial charge in [-0.15, -0.1) is 0 Å². The summed E-state index contributed by atoms with van der Waals surface area (Å²) in [6.45, 7) is 0. The Labute approximate surface area is 102 Å². The molecule has 0 spiro atoms. The fraction of sp³-hybridized carbons (Fsp3) is 0.250. The standard InChI is InChI=1S/C12H11BrFNO/c13-10-7-3-6-9(11(10)14)12(16)15-8-4-1-2-5-8/h1-3,6-8H,4-5H2,(H,15,16). The molecular weight excluding hydrogens is 273 g/mol. The molecule has 2 rings (SSSR count). The first kappa shape index (κ1) is 11.3. The molecule has 0 aliphatic heterocycles. The van der Waals surface area contributed by atoms with Crippen LogP contribution in [-0.2, 0) is 0 Å². The Morgan fingerprint density at radius 3 is 2.75 bits per heavy atom. The van der Waals surface area contributed by atoms with E-state index in [-0.39, 0.29) is 17.5 Å². The minimum absolute atomic E-state index is 0.0845. The van der Waals surface area contributed by atoms with Gasteiger partial charge in [0.1, 0.15) is 5.82 Å². The van der Waals surface area contributed by atoms with Crippen LogP contribution in [0.2, 0.25) is 0 Å². The van der Waals surface area contributed by atoms with Crippen LogP contribution < -0.4 is 5.32 Å². The van der Waals surface area contributed by atoms with E-state index in [0.29, 0.717) is 4.47 Å². The molecule has 4 heteroatoms. The van der Waals surface area contributed by atoms with E-state index in [1.165, 1.54) is 6.07 Å². The van der Waals surface area contributed by atoms with Gasteiger partial charge in [0, 0.05) is 6.04 Å². The van der Waals surface area contributed by atoms with Crippen LogP contribution in [0.5, 0.6) is 0 Å². The second-order valence-corrected chi connectivity index (χ2v) is 4.57. The molecule has 2 nitrogen and oxygen atoms in total. The number of amides is 1. The summed E-state index contributed by atoms with van der Waals surface area (Å²) >= 11 is 3.06. The van der Waals surface area contributed by atoms with Gasteiger partial charge in [0.15, 0.2) is 0 Å². The Morgan fingerprint density at radius 1 is 1.38 bits per heavy atom. The lowest BCUT2D eigenvalue weighted by atomic mass is 10.1. The zero-order chi connectivity index (χ0) is 11.5. The SMILES string of the molecule is O=C(NC1CC=CC1)c1cccc(Br)c1F. The number of carbonyl (C=O) groups excluding carboxylic acids is 1. The highest BCUT2D eigenvalue weighted by Gasteiger charge is 2.18. The molecule has 1 aromatic carbocycles. The molecule has 0 aromatic heterocycles. The Kier molecular flexibility index (Phi) is 3.39. The van der Waals surface area contributed by atoms with Crippen molar-refractivity contribution in [2.24, 2.45) is 0 Å². The Hall–Kier alpha value is -1.16. The highest BCUT2D eigenvalue weighted by atomic mass is 79.9. The summed E-state index contributed by atoms with van der Waals surface area (Å²) in [5.41, 5.74) is 0.0845. The summed E-state index contributed by atoms with van der Waals surface area (Å²) in [7, 11) is 0. The van der Waals surface area contributed by atoms with Gasteiger partial charge in [-0.05, 0) is 40.9 Å². The number of nitrogens with one attached hydrogen (secondary N) is 1. The van der Waals surface area contributed by atoms with Crippen LogP contribution in [0.25, 0.3) is 0 Å². The van der Waals surface area contributed by atoms with Gasteiger partial charge in [0.25, 0.3) is 5.91 Å². The average Bonchev–Trinajstić information content (AvgIpc) is 2.74. The molecule has 84 valence electrons. The van der Waals surface area contributed by atoms with Gasteiger partial charge in [-0.2, -0.15) is 0 Å². The summed E-state index contributed by atoms with van der Waals surface area (Å²) < 4.78 is 13.9. The van der Waals surface area contributed by atoms with Gasteiger partial charge < -0.3 is 5.32 Å². The Bertz CT molecular complexity index is 437. The third-order valence-electron chi connectivity index (χ3n) is 2.54. The zero-order valence-corrected chi connectivity index (χ0v) is 10.1. The van der Waals surface area contributed by atoms with Gasteiger partial charge >= 0.3 is 0 Å². The number of hydrogen-bond acceptors (Lipinski definition) is 1. The van der Waals surface area contributed by atoms with E-state index in [9.17, 15) is 9.18 Å². The van der Waals surface area contributed by atoms with E-state index >= 15 is 0 Å². The highest BCUT2D eigenvalue weighted by molar-refractivity contribution is 9.10. The van der Waals surface area contributed by atoms with Gasteiger partial charge in [0.2, 0.25) is 0 Å². The van der Waals surface area contributed by atoms with Crippen molar-refractivity contribution in [1.82, 2.24) is 5.32 Å². The van der Waals surface area contributed by atoms with Crippen LogP contribution in [0.1, 0.15) is 23.2 Å². The molecule has 0 atom stereocenters. The molecule has 0 saturated heterocycles. The molecule has 16 heavy (non-hydrogen) atoms. The molecule has 1 N–H and O–H groups in total. The summed E-state index contributed by atoms with van der Waals surface area (Å²) in [5, 5.41) is 2.80. The van der Waals surface area contributed by atoms with E-state index in [2.05, 4.69) is 21.2 Å². The van der Waals surface area contributed by atoms with Crippen molar-refractivity contribution in [3.05, 3.63) is 46.2 Å². The molecule has 0 saturated carbocycles. The predicted octanol–water partition coefficient (Wildman–Crippen LogP) is 3.04. The van der Waals surface area contributed by atoms with Gasteiger partial charge in [0.05, 0.1) is 10.0 Å². The summed E-state index contributed by atoms with van der Waals surface area (Å²) in [6.07, 6.45) is 5.67. The highest BCUT2D eigenvalue weighted by Crippen LogP contribution is 2.19. The minimum atomic E-state index is -0.508. The molecule has 1 aliphatic rings. The first-order valence-electron chi connectivity index (χ1n) is 5.08. The minimum Gasteiger partial charge on any atom is -0.349 e. The van der Waals surface area contributed by atoms with Crippen molar-refractivity contribution >= 4 is 21.8 Å². The van der Waals surface area contributed by atoms with Crippen molar-refractivity contribution in [3.8, 4) is 0 Å². The third-order valence-corrected chi connectivity index (χ3v) is 3.15. The predicted molar refractivity (Wildman–Crippen MR) is 63.7 cm³/mol. The van der Waals surface area contributed by atoms with Crippen molar-refractivity contribution < 1.29 is 9.18 Å². The smallest absolute Gasteiger partial charge is 0.254 e. The first-order chi connectivity index (χ1) is 7.68. The number of halogens is 2. The maximum Gasteiger partial charge on any atom is 0.254 e. The second-order valence-electron chi connectivity index (χ2n) is 3.71. The van der Waals surface area contributed by atoms with E-state index < -0.39 is 5.82 Å². The Balaban J connectivity index is 2.11. The van der Waals surface area contributed by atoms with Crippen LogP contribution >= 0.6 is 15.9 Å². The number of carbonyl (C=O) groups is 1. The van der Waals surface area contributed by atoms with E-state index in [1.54, 1.807) is 12.1 Å². The lowest BCUT2D eigenvalue weighted by Crippen LogP contribution is -2.33. The lowest BCUT2D eigenvalue weighted by Gasteiger charge is -2.12. The van der Waals surface area contributed by atoms with Crippen molar-refractivity contribution in [2.45, 2.75) is 18.9 Å². The van der Waals surface area contributed by atoms with E-state index in [0.717, 1.165) is 12.8 Å². The monoisotopic (exact) mass is 283 g/mol. The van der Waals surface area contributed by atoms with Crippen LogP contribution in [0, 0.1) is 5.82 Å². The number of rotatable bonds is 2. The van der Waals surface area contributed by atoms with Gasteiger partial charge in [-0.3, -0.25) is 4.79 Å². The number of hydrogen-bond donors (Lipinski definition) is 1. The van der Waals surface area contributed by atoms with Crippen LogP contribution in [-0.4, -0.2) is 11.9 Å². The fourth-order valence-electron chi connectivity index (χ4n) is 1.68. The summed E-state index contributed by atoms with van der Waals surface area (Å²) in [5.74, 6) is -0.863. The largest absolute Gasteiger partial charge is 0.349 e. The second kappa shape index (κ2) is 4.78. The zero-order valence-electron chi connectivity index (χ0n) is 8.54. The van der Waals surface area contributed by atoms with Crippen LogP contribution in [0.3, 0.4) is 0 Å². The summed E-state index contributed by atoms with van der Waals surface area (Å²) in [6, 6.07) is 4.81. The van der Waals surface area contributed by atoms with Gasteiger partial charge in [-0.25, -0.2) is 4.39 Å². The third kappa shape index (κ3) is 2.32. The molecule has 0 heterocycles. The first-order valence-corrected chi connectivity index (χ1v) is 5.87. The molecular formula is C12H11BrFNO. The molecule has 0 bridgehead atoms. The lowest BCUT2D eigenvalue weighted by molar-refractivity contribution is 0.0935. The normalized spacial score (nSPS) is 15.4. The molecule has 1 aliphatic carbocycles. The topological polar surface area (TPSA) is 29.1 Å². The maximum absolute atomic E-state index is 13.6. The van der Waals surface area contributed by atoms with Crippen molar-refractivity contribution in [1.29, 1.82) is 0 Å². The summed E-state index contributed by atoms with van der Waals surface area (Å²) in [4.78, 5) is 11.8. The van der Waals surface area contributed by atoms with Crippen molar-refractivity contribution in [3.63, 3.8) is 0 Å². The van der Waals surface area contributed by atoms with E-state index in [1.807, 2.05) is 12.2 Å². The molecule has 0 unspecified atom stereocenters. The van der Waals surface area contributed by atoms with E-state index in [4.69, 9.17) is 0 Å². The van der Waals surface area contributed by atoms with Crippen LogP contribution in [0.4, 0.5) is 4.39 Å². The van der Waals surface area contributed by atoms with Crippen LogP contribution in [0.15, 0.2) is 34.8 Å². The average molecular weight is 284 g/mol. The molecule has 0 fully saturated rings. The molecule has 0 radical (unpaired) electrons. The Morgan fingerprint density at radius 2 is 2.06 bits per heavy atom. The number of benzene rings is 1. The maximum atomic E-state index is 13.6.